The van der Waals surface area contributed by atoms with E-state index in [1.807, 2.05) is 23.1 Å². The third-order valence-electron chi connectivity index (χ3n) is 5.77. The minimum Gasteiger partial charge on any atom is -0.408 e. The second-order valence-electron chi connectivity index (χ2n) is 7.56. The molecule has 3 aromatic rings. The lowest BCUT2D eigenvalue weighted by molar-refractivity contribution is -0.135. The van der Waals surface area contributed by atoms with Gasteiger partial charge in [0.05, 0.1) is 11.6 Å². The fraction of sp³-hybridized carbons (Fsp3) is 0.364. The number of hydrogen-bond donors (Lipinski definition) is 0. The zero-order valence-electron chi connectivity index (χ0n) is 15.1. The van der Waals surface area contributed by atoms with Gasteiger partial charge in [-0.1, -0.05) is 36.4 Å². The summed E-state index contributed by atoms with van der Waals surface area (Å²) in [5.74, 6) is -0.461. The topological polar surface area (TPSA) is 55.5 Å². The van der Waals surface area contributed by atoms with Crippen LogP contribution in [0.2, 0.25) is 0 Å². The highest BCUT2D eigenvalue weighted by Crippen LogP contribution is 2.40. The number of hydrogen-bond acceptors (Lipinski definition) is 3. The molecule has 5 nitrogen and oxygen atoms in total. The van der Waals surface area contributed by atoms with E-state index in [9.17, 15) is 9.59 Å². The fourth-order valence-electron chi connectivity index (χ4n) is 4.38. The Morgan fingerprint density at radius 3 is 2.70 bits per heavy atom. The summed E-state index contributed by atoms with van der Waals surface area (Å²) in [6, 6.07) is 16.1. The molecule has 138 valence electrons. The quantitative estimate of drug-likeness (QED) is 0.712. The molecule has 1 fully saturated rings. The van der Waals surface area contributed by atoms with Crippen LogP contribution in [0.4, 0.5) is 0 Å². The molecular weight excluding hydrogens is 340 g/mol. The Kier molecular flexibility index (Phi) is 3.88. The Hall–Kier alpha value is -2.82. The Bertz CT molecular complexity index is 1060. The van der Waals surface area contributed by atoms with Crippen LogP contribution in [0.15, 0.2) is 57.7 Å². The molecule has 5 heteroatoms. The Labute approximate surface area is 157 Å². The average molecular weight is 362 g/mol. The monoisotopic (exact) mass is 362 g/mol. The van der Waals surface area contributed by atoms with Crippen LogP contribution >= 0.6 is 0 Å². The molecule has 0 N–H and O–H groups in total. The zero-order valence-corrected chi connectivity index (χ0v) is 15.1. The molecule has 0 spiro atoms. The van der Waals surface area contributed by atoms with E-state index < -0.39 is 5.76 Å². The Balaban J connectivity index is 1.49. The molecule has 1 heterocycles. The summed E-state index contributed by atoms with van der Waals surface area (Å²) < 4.78 is 6.75. The predicted molar refractivity (Wildman–Crippen MR) is 102 cm³/mol. The van der Waals surface area contributed by atoms with Gasteiger partial charge in [-0.2, -0.15) is 0 Å². The first kappa shape index (κ1) is 16.4. The van der Waals surface area contributed by atoms with Crippen molar-refractivity contribution < 1.29 is 9.21 Å². The summed E-state index contributed by atoms with van der Waals surface area (Å²) in [5, 5.41) is 0. The first-order valence-corrected chi connectivity index (χ1v) is 9.70. The minimum atomic E-state index is -0.468. The van der Waals surface area contributed by atoms with Crippen molar-refractivity contribution in [2.45, 2.75) is 50.7 Å². The molecule has 0 aliphatic heterocycles. The van der Waals surface area contributed by atoms with Crippen LogP contribution in [0.3, 0.4) is 0 Å². The molecule has 5 rings (SSSR count). The van der Waals surface area contributed by atoms with Gasteiger partial charge >= 0.3 is 5.76 Å². The van der Waals surface area contributed by atoms with Crippen molar-refractivity contribution in [1.82, 2.24) is 9.47 Å². The van der Waals surface area contributed by atoms with Gasteiger partial charge in [0.1, 0.15) is 6.54 Å². The van der Waals surface area contributed by atoms with Gasteiger partial charge in [0.15, 0.2) is 5.58 Å². The molecule has 2 aromatic carbocycles. The largest absolute Gasteiger partial charge is 0.420 e. The number of aromatic nitrogens is 1. The number of rotatable bonds is 4. The summed E-state index contributed by atoms with van der Waals surface area (Å²) in [5.41, 5.74) is 3.82. The number of oxazole rings is 1. The van der Waals surface area contributed by atoms with Crippen molar-refractivity contribution in [3.63, 3.8) is 0 Å². The van der Waals surface area contributed by atoms with E-state index in [0.717, 1.165) is 32.1 Å². The molecule has 1 unspecified atom stereocenters. The van der Waals surface area contributed by atoms with E-state index in [1.54, 1.807) is 6.07 Å². The SMILES string of the molecule is O=C(Cn1c(=O)oc2ccccc21)N(C1CC1)C1CCCc2ccccc21. The molecule has 2 aliphatic carbocycles. The fourth-order valence-corrected chi connectivity index (χ4v) is 4.38. The number of amides is 1. The minimum absolute atomic E-state index is 0.00727. The number of carbonyl (C=O) groups is 1. The van der Waals surface area contributed by atoms with E-state index in [1.165, 1.54) is 15.7 Å². The molecule has 27 heavy (non-hydrogen) atoms. The standard InChI is InChI=1S/C22H22N2O3/c25-21(14-23-19-9-3-4-11-20(19)27-22(23)26)24(16-12-13-16)18-10-5-7-15-6-1-2-8-17(15)18/h1-4,6,8-9,11,16,18H,5,7,10,12-14H2. The second kappa shape index (κ2) is 6.41. The van der Waals surface area contributed by atoms with Gasteiger partial charge in [0.2, 0.25) is 5.91 Å². The summed E-state index contributed by atoms with van der Waals surface area (Å²) in [4.78, 5) is 27.7. The highest BCUT2D eigenvalue weighted by atomic mass is 16.4. The van der Waals surface area contributed by atoms with Gasteiger partial charge in [-0.15, -0.1) is 0 Å². The Morgan fingerprint density at radius 2 is 1.85 bits per heavy atom. The summed E-state index contributed by atoms with van der Waals surface area (Å²) in [6.07, 6.45) is 5.25. The number of aryl methyl sites for hydroxylation is 1. The molecule has 1 aromatic heterocycles. The predicted octanol–water partition coefficient (Wildman–Crippen LogP) is 3.66. The van der Waals surface area contributed by atoms with Crippen LogP contribution in [-0.4, -0.2) is 21.4 Å². The number of benzene rings is 2. The van der Waals surface area contributed by atoms with Crippen LogP contribution in [-0.2, 0) is 17.8 Å². The molecule has 0 radical (unpaired) electrons. The smallest absolute Gasteiger partial charge is 0.408 e. The van der Waals surface area contributed by atoms with Gasteiger partial charge in [-0.25, -0.2) is 4.79 Å². The summed E-state index contributed by atoms with van der Waals surface area (Å²) in [7, 11) is 0. The van der Waals surface area contributed by atoms with Crippen molar-refractivity contribution in [2.24, 2.45) is 0 Å². The van der Waals surface area contributed by atoms with Crippen molar-refractivity contribution in [3.05, 3.63) is 70.2 Å². The number of carbonyl (C=O) groups excluding carboxylic acids is 1. The van der Waals surface area contributed by atoms with Gasteiger partial charge in [0.25, 0.3) is 0 Å². The van der Waals surface area contributed by atoms with Crippen molar-refractivity contribution >= 4 is 17.0 Å². The molecule has 1 amide bonds. The highest BCUT2D eigenvalue weighted by Gasteiger charge is 2.39. The lowest BCUT2D eigenvalue weighted by atomic mass is 9.86. The van der Waals surface area contributed by atoms with E-state index >= 15 is 0 Å². The van der Waals surface area contributed by atoms with Crippen LogP contribution in [0.1, 0.15) is 42.9 Å². The third kappa shape index (κ3) is 2.87. The molecule has 1 saturated carbocycles. The normalized spacial score (nSPS) is 19.0. The van der Waals surface area contributed by atoms with Crippen LogP contribution in [0.25, 0.3) is 11.1 Å². The van der Waals surface area contributed by atoms with Gasteiger partial charge in [-0.05, 0) is 55.4 Å². The van der Waals surface area contributed by atoms with Crippen LogP contribution in [0, 0.1) is 0 Å². The maximum Gasteiger partial charge on any atom is 0.420 e. The van der Waals surface area contributed by atoms with Gasteiger partial charge in [0, 0.05) is 6.04 Å². The number of fused-ring (bicyclic) bond motifs is 2. The molecule has 0 saturated heterocycles. The van der Waals surface area contributed by atoms with E-state index in [4.69, 9.17) is 4.42 Å². The first-order valence-electron chi connectivity index (χ1n) is 9.70. The van der Waals surface area contributed by atoms with E-state index in [2.05, 4.69) is 24.3 Å². The molecule has 0 bridgehead atoms. The van der Waals surface area contributed by atoms with Crippen molar-refractivity contribution in [3.8, 4) is 0 Å². The lowest BCUT2D eigenvalue weighted by Gasteiger charge is -2.36. The number of para-hydroxylation sites is 2. The number of nitrogens with zero attached hydrogens (tertiary/aromatic N) is 2. The maximum atomic E-state index is 13.3. The molecular formula is C22H22N2O3. The first-order chi connectivity index (χ1) is 13.2. The Morgan fingerprint density at radius 1 is 1.07 bits per heavy atom. The van der Waals surface area contributed by atoms with E-state index in [0.29, 0.717) is 17.1 Å². The maximum absolute atomic E-state index is 13.3. The average Bonchev–Trinajstić information content (AvgIpc) is 3.47. The molecule has 1 atom stereocenters. The summed E-state index contributed by atoms with van der Waals surface area (Å²) >= 11 is 0. The zero-order chi connectivity index (χ0) is 18.4. The van der Waals surface area contributed by atoms with Gasteiger partial charge < -0.3 is 9.32 Å². The van der Waals surface area contributed by atoms with Gasteiger partial charge in [-0.3, -0.25) is 9.36 Å². The van der Waals surface area contributed by atoms with Crippen LogP contribution in [0.5, 0.6) is 0 Å². The highest BCUT2D eigenvalue weighted by molar-refractivity contribution is 5.80. The third-order valence-corrected chi connectivity index (χ3v) is 5.77. The second-order valence-corrected chi connectivity index (χ2v) is 7.56. The van der Waals surface area contributed by atoms with Crippen molar-refractivity contribution in [1.29, 1.82) is 0 Å². The van der Waals surface area contributed by atoms with E-state index in [-0.39, 0.29) is 18.5 Å². The summed E-state index contributed by atoms with van der Waals surface area (Å²) in [6.45, 7) is 0.0328. The van der Waals surface area contributed by atoms with Crippen molar-refractivity contribution in [2.75, 3.05) is 0 Å². The lowest BCUT2D eigenvalue weighted by Crippen LogP contribution is -2.41. The van der Waals surface area contributed by atoms with Crippen LogP contribution < -0.4 is 5.76 Å². The molecule has 2 aliphatic rings.